The van der Waals surface area contributed by atoms with Crippen molar-refractivity contribution in [2.24, 2.45) is 5.92 Å². The quantitative estimate of drug-likeness (QED) is 0.284. The van der Waals surface area contributed by atoms with E-state index in [1.807, 2.05) is 44.2 Å². The van der Waals surface area contributed by atoms with Crippen molar-refractivity contribution in [3.05, 3.63) is 52.8 Å². The van der Waals surface area contributed by atoms with Crippen LogP contribution in [0.1, 0.15) is 63.1 Å². The Hall–Kier alpha value is -3.07. The Morgan fingerprint density at radius 2 is 1.90 bits per heavy atom. The predicted octanol–water partition coefficient (Wildman–Crippen LogP) is 4.83. The smallest absolute Gasteiger partial charge is 0.311 e. The Kier molecular flexibility index (Phi) is 6.31. The Labute approximate surface area is 178 Å². The first kappa shape index (κ1) is 21.6. The molecule has 2 aromatic rings. The maximum absolute atomic E-state index is 11.9. The molecular weight excluding hydrogens is 378 g/mol. The number of nitriles is 1. The van der Waals surface area contributed by atoms with Crippen LogP contribution in [0.15, 0.2) is 30.3 Å². The van der Waals surface area contributed by atoms with E-state index in [2.05, 4.69) is 31.9 Å². The summed E-state index contributed by atoms with van der Waals surface area (Å²) in [6.07, 6.45) is 1.74. The van der Waals surface area contributed by atoms with Crippen molar-refractivity contribution in [1.82, 2.24) is 9.78 Å². The fraction of sp³-hybridized carbons (Fsp3) is 0.458. The molecule has 0 bridgehead atoms. The average Bonchev–Trinajstić information content (AvgIpc) is 3.49. The van der Waals surface area contributed by atoms with Gasteiger partial charge in [0.2, 0.25) is 6.79 Å². The third kappa shape index (κ3) is 4.91. The average molecular weight is 408 g/mol. The highest BCUT2D eigenvalue weighted by Gasteiger charge is 2.31. The standard InChI is InChI=1S/C24H29N3O3/c1-6-27-21(13-16(2)26-27)22(29-15-30-23(28)18-7-8-18)20(14-25)17-9-11-19(12-10-17)24(3,4)5/h9-13,18H,6-8,15H2,1-5H3/b22-20-. The monoisotopic (exact) mass is 407 g/mol. The molecule has 158 valence electrons. The molecule has 6 nitrogen and oxygen atoms in total. The zero-order valence-corrected chi connectivity index (χ0v) is 18.4. The molecule has 0 aliphatic heterocycles. The van der Waals surface area contributed by atoms with E-state index in [1.54, 1.807) is 4.68 Å². The lowest BCUT2D eigenvalue weighted by Crippen LogP contribution is -2.12. The topological polar surface area (TPSA) is 77.1 Å². The first-order chi connectivity index (χ1) is 14.2. The van der Waals surface area contributed by atoms with Gasteiger partial charge in [-0.2, -0.15) is 10.4 Å². The number of benzene rings is 1. The second-order valence-corrected chi connectivity index (χ2v) is 8.63. The van der Waals surface area contributed by atoms with Crippen LogP contribution < -0.4 is 0 Å². The molecule has 30 heavy (non-hydrogen) atoms. The maximum atomic E-state index is 11.9. The second-order valence-electron chi connectivity index (χ2n) is 8.63. The van der Waals surface area contributed by atoms with Crippen LogP contribution in [0.4, 0.5) is 0 Å². The summed E-state index contributed by atoms with van der Waals surface area (Å²) in [4.78, 5) is 11.9. The van der Waals surface area contributed by atoms with Gasteiger partial charge < -0.3 is 9.47 Å². The molecule has 0 N–H and O–H groups in total. The highest BCUT2D eigenvalue weighted by molar-refractivity contribution is 5.94. The van der Waals surface area contributed by atoms with Crippen LogP contribution in [0.3, 0.4) is 0 Å². The summed E-state index contributed by atoms with van der Waals surface area (Å²) in [5.41, 5.74) is 3.84. The van der Waals surface area contributed by atoms with E-state index in [9.17, 15) is 10.1 Å². The van der Waals surface area contributed by atoms with E-state index in [4.69, 9.17) is 9.47 Å². The highest BCUT2D eigenvalue weighted by atomic mass is 16.7. The van der Waals surface area contributed by atoms with Crippen LogP contribution in [-0.4, -0.2) is 22.5 Å². The Morgan fingerprint density at radius 3 is 2.43 bits per heavy atom. The Morgan fingerprint density at radius 1 is 1.23 bits per heavy atom. The van der Waals surface area contributed by atoms with Crippen molar-refractivity contribution in [3.8, 4) is 6.07 Å². The second kappa shape index (κ2) is 8.74. The van der Waals surface area contributed by atoms with Crippen LogP contribution in [-0.2, 0) is 26.2 Å². The zero-order chi connectivity index (χ0) is 21.9. The number of carbonyl (C=O) groups excluding carboxylic acids is 1. The van der Waals surface area contributed by atoms with Gasteiger partial charge in [0.15, 0.2) is 5.76 Å². The molecule has 1 saturated carbocycles. The molecule has 0 saturated heterocycles. The van der Waals surface area contributed by atoms with Gasteiger partial charge in [0.1, 0.15) is 17.3 Å². The van der Waals surface area contributed by atoms with Crippen LogP contribution in [0.5, 0.6) is 0 Å². The Balaban J connectivity index is 1.99. The molecule has 0 amide bonds. The van der Waals surface area contributed by atoms with E-state index < -0.39 is 0 Å². The number of esters is 1. The molecular formula is C24H29N3O3. The molecule has 0 atom stereocenters. The van der Waals surface area contributed by atoms with Gasteiger partial charge in [0.25, 0.3) is 0 Å². The molecule has 0 spiro atoms. The van der Waals surface area contributed by atoms with E-state index in [1.165, 1.54) is 5.56 Å². The maximum Gasteiger partial charge on any atom is 0.311 e. The lowest BCUT2D eigenvalue weighted by Gasteiger charge is -2.19. The number of rotatable bonds is 7. The van der Waals surface area contributed by atoms with Crippen LogP contribution >= 0.6 is 0 Å². The number of allylic oxidation sites excluding steroid dienone is 1. The van der Waals surface area contributed by atoms with Gasteiger partial charge in [-0.05, 0) is 49.3 Å². The van der Waals surface area contributed by atoms with Gasteiger partial charge in [-0.1, -0.05) is 45.0 Å². The van der Waals surface area contributed by atoms with E-state index in [0.29, 0.717) is 23.6 Å². The summed E-state index contributed by atoms with van der Waals surface area (Å²) in [6, 6.07) is 12.1. The van der Waals surface area contributed by atoms with Gasteiger partial charge in [0.05, 0.1) is 11.6 Å². The lowest BCUT2D eigenvalue weighted by molar-refractivity contribution is -0.153. The molecule has 1 heterocycles. The third-order valence-electron chi connectivity index (χ3n) is 5.13. The van der Waals surface area contributed by atoms with Crippen molar-refractivity contribution in [2.45, 2.75) is 59.4 Å². The van der Waals surface area contributed by atoms with Crippen LogP contribution in [0, 0.1) is 24.2 Å². The molecule has 1 fully saturated rings. The summed E-state index contributed by atoms with van der Waals surface area (Å²) in [5.74, 6) is 0.111. The van der Waals surface area contributed by atoms with Crippen LogP contribution in [0.2, 0.25) is 0 Å². The fourth-order valence-electron chi connectivity index (χ4n) is 3.21. The molecule has 0 unspecified atom stereocenters. The van der Waals surface area contributed by atoms with Gasteiger partial charge in [-0.25, -0.2) is 0 Å². The summed E-state index contributed by atoms with van der Waals surface area (Å²) in [7, 11) is 0. The first-order valence-corrected chi connectivity index (χ1v) is 10.3. The van der Waals surface area contributed by atoms with Crippen molar-refractivity contribution in [3.63, 3.8) is 0 Å². The highest BCUT2D eigenvalue weighted by Crippen LogP contribution is 2.32. The molecule has 6 heteroatoms. The lowest BCUT2D eigenvalue weighted by atomic mass is 9.86. The van der Waals surface area contributed by atoms with Crippen molar-refractivity contribution in [1.29, 1.82) is 5.26 Å². The number of hydrogen-bond donors (Lipinski definition) is 0. The summed E-state index contributed by atoms with van der Waals surface area (Å²) in [5, 5.41) is 14.5. The SMILES string of the molecule is CCn1nc(C)cc1/C(OCOC(=O)C1CC1)=C(\C#N)c1ccc(C(C)(C)C)cc1. The molecule has 3 rings (SSSR count). The largest absolute Gasteiger partial charge is 0.454 e. The van der Waals surface area contributed by atoms with E-state index >= 15 is 0 Å². The van der Waals surface area contributed by atoms with Gasteiger partial charge in [0, 0.05) is 6.54 Å². The molecule has 1 aromatic heterocycles. The van der Waals surface area contributed by atoms with Gasteiger partial charge in [-0.3, -0.25) is 9.48 Å². The number of aryl methyl sites for hydroxylation is 2. The zero-order valence-electron chi connectivity index (χ0n) is 18.4. The van der Waals surface area contributed by atoms with E-state index in [0.717, 1.165) is 24.1 Å². The minimum absolute atomic E-state index is 0.00942. The summed E-state index contributed by atoms with van der Waals surface area (Å²) < 4.78 is 12.9. The Bertz CT molecular complexity index is 984. The predicted molar refractivity (Wildman–Crippen MR) is 115 cm³/mol. The molecule has 1 aromatic carbocycles. The number of ether oxygens (including phenoxy) is 2. The molecule has 1 aliphatic carbocycles. The van der Waals surface area contributed by atoms with Crippen molar-refractivity contribution >= 4 is 17.3 Å². The molecule has 1 aliphatic rings. The van der Waals surface area contributed by atoms with Crippen molar-refractivity contribution in [2.75, 3.05) is 6.79 Å². The number of carbonyl (C=O) groups is 1. The minimum Gasteiger partial charge on any atom is -0.454 e. The van der Waals surface area contributed by atoms with Crippen molar-refractivity contribution < 1.29 is 14.3 Å². The number of aromatic nitrogens is 2. The van der Waals surface area contributed by atoms with Crippen LogP contribution in [0.25, 0.3) is 11.3 Å². The minimum atomic E-state index is -0.248. The molecule has 0 radical (unpaired) electrons. The number of hydrogen-bond acceptors (Lipinski definition) is 5. The first-order valence-electron chi connectivity index (χ1n) is 10.3. The summed E-state index contributed by atoms with van der Waals surface area (Å²) in [6.45, 7) is 10.7. The van der Waals surface area contributed by atoms with E-state index in [-0.39, 0.29) is 24.1 Å². The van der Waals surface area contributed by atoms with Gasteiger partial charge in [-0.15, -0.1) is 0 Å². The fourth-order valence-corrected chi connectivity index (χ4v) is 3.21. The normalized spacial score (nSPS) is 14.7. The third-order valence-corrected chi connectivity index (χ3v) is 5.13. The number of nitrogens with zero attached hydrogens (tertiary/aromatic N) is 3. The van der Waals surface area contributed by atoms with Gasteiger partial charge >= 0.3 is 5.97 Å². The summed E-state index contributed by atoms with van der Waals surface area (Å²) >= 11 is 0.